The molecule has 2 aromatic carbocycles. The first kappa shape index (κ1) is 23.5. The zero-order chi connectivity index (χ0) is 24.6. The first-order valence-corrected chi connectivity index (χ1v) is 11.7. The SMILES string of the molecule is O=C(N[C@H]1CCOc2cc(C(F)(F)F)ccc21)N1CCC[C@@H]1c1nncn1Cc1ccc(Cl)cc1. The highest BCUT2D eigenvalue weighted by atomic mass is 35.5. The van der Waals surface area contributed by atoms with Gasteiger partial charge in [-0.2, -0.15) is 13.2 Å². The van der Waals surface area contributed by atoms with E-state index in [-0.39, 0.29) is 24.4 Å². The van der Waals surface area contributed by atoms with Crippen LogP contribution in [0.25, 0.3) is 0 Å². The van der Waals surface area contributed by atoms with E-state index in [2.05, 4.69) is 15.5 Å². The molecule has 0 spiro atoms. The number of nitrogens with zero attached hydrogens (tertiary/aromatic N) is 4. The number of halogens is 4. The molecule has 1 aromatic heterocycles. The van der Waals surface area contributed by atoms with Gasteiger partial charge in [-0.15, -0.1) is 10.2 Å². The van der Waals surface area contributed by atoms with E-state index in [1.165, 1.54) is 6.07 Å². The number of alkyl halides is 3. The molecule has 5 rings (SSSR count). The van der Waals surface area contributed by atoms with Crippen molar-refractivity contribution in [1.82, 2.24) is 25.0 Å². The first-order valence-electron chi connectivity index (χ1n) is 11.3. The van der Waals surface area contributed by atoms with Crippen molar-refractivity contribution in [1.29, 1.82) is 0 Å². The van der Waals surface area contributed by atoms with Crippen LogP contribution in [0, 0.1) is 0 Å². The van der Waals surface area contributed by atoms with E-state index >= 15 is 0 Å². The minimum Gasteiger partial charge on any atom is -0.493 e. The first-order chi connectivity index (χ1) is 16.8. The number of hydrogen-bond donors (Lipinski definition) is 1. The lowest BCUT2D eigenvalue weighted by atomic mass is 9.98. The van der Waals surface area contributed by atoms with Gasteiger partial charge in [0.2, 0.25) is 0 Å². The van der Waals surface area contributed by atoms with E-state index in [9.17, 15) is 18.0 Å². The highest BCUT2D eigenvalue weighted by molar-refractivity contribution is 6.30. The van der Waals surface area contributed by atoms with Crippen LogP contribution in [0.15, 0.2) is 48.8 Å². The number of carbonyl (C=O) groups excluding carboxylic acids is 1. The summed E-state index contributed by atoms with van der Waals surface area (Å²) in [4.78, 5) is 15.0. The van der Waals surface area contributed by atoms with Crippen LogP contribution in [-0.2, 0) is 12.7 Å². The second kappa shape index (κ2) is 9.41. The number of hydrogen-bond acceptors (Lipinski definition) is 4. The number of aromatic nitrogens is 3. The van der Waals surface area contributed by atoms with Gasteiger partial charge in [0, 0.05) is 23.6 Å². The molecule has 3 heterocycles. The Kier molecular flexibility index (Phi) is 6.31. The fourth-order valence-corrected chi connectivity index (χ4v) is 4.78. The number of rotatable bonds is 4. The highest BCUT2D eigenvalue weighted by Crippen LogP contribution is 2.38. The summed E-state index contributed by atoms with van der Waals surface area (Å²) in [6, 6.07) is 9.91. The third-order valence-electron chi connectivity index (χ3n) is 6.40. The van der Waals surface area contributed by atoms with Crippen molar-refractivity contribution >= 4 is 17.6 Å². The molecular formula is C24H23ClF3N5O2. The summed E-state index contributed by atoms with van der Waals surface area (Å²) >= 11 is 5.98. The Morgan fingerprint density at radius 1 is 1.17 bits per heavy atom. The average molecular weight is 506 g/mol. The summed E-state index contributed by atoms with van der Waals surface area (Å²) in [6.45, 7) is 1.31. The Morgan fingerprint density at radius 2 is 1.97 bits per heavy atom. The maximum absolute atomic E-state index is 13.3. The summed E-state index contributed by atoms with van der Waals surface area (Å²) in [5.41, 5.74) is 0.795. The van der Waals surface area contributed by atoms with Crippen LogP contribution >= 0.6 is 11.6 Å². The normalized spacial score (nSPS) is 19.8. The molecule has 0 unspecified atom stereocenters. The van der Waals surface area contributed by atoms with E-state index in [4.69, 9.17) is 16.3 Å². The molecule has 7 nitrogen and oxygen atoms in total. The van der Waals surface area contributed by atoms with Crippen molar-refractivity contribution in [2.24, 2.45) is 0 Å². The average Bonchev–Trinajstić information content (AvgIpc) is 3.49. The molecule has 0 bridgehead atoms. The largest absolute Gasteiger partial charge is 0.493 e. The van der Waals surface area contributed by atoms with Crippen molar-refractivity contribution in [2.75, 3.05) is 13.2 Å². The van der Waals surface area contributed by atoms with Gasteiger partial charge in [-0.3, -0.25) is 0 Å². The number of benzene rings is 2. The van der Waals surface area contributed by atoms with Crippen molar-refractivity contribution in [3.8, 4) is 5.75 Å². The molecule has 1 N–H and O–H groups in total. The van der Waals surface area contributed by atoms with Gasteiger partial charge in [0.15, 0.2) is 5.82 Å². The molecule has 2 aliphatic heterocycles. The molecule has 3 aromatic rings. The number of ether oxygens (including phenoxy) is 1. The van der Waals surface area contributed by atoms with Crippen LogP contribution in [0.3, 0.4) is 0 Å². The fourth-order valence-electron chi connectivity index (χ4n) is 4.66. The van der Waals surface area contributed by atoms with Crippen LogP contribution in [-0.4, -0.2) is 38.8 Å². The molecule has 0 radical (unpaired) electrons. The Labute approximate surface area is 204 Å². The van der Waals surface area contributed by atoms with Crippen LogP contribution in [0.1, 0.15) is 53.9 Å². The van der Waals surface area contributed by atoms with Crippen LogP contribution < -0.4 is 10.1 Å². The number of fused-ring (bicyclic) bond motifs is 1. The molecule has 35 heavy (non-hydrogen) atoms. The molecule has 11 heteroatoms. The Balaban J connectivity index is 1.32. The highest BCUT2D eigenvalue weighted by Gasteiger charge is 2.36. The minimum absolute atomic E-state index is 0.150. The van der Waals surface area contributed by atoms with Gasteiger partial charge in [0.1, 0.15) is 12.1 Å². The molecule has 2 atom stereocenters. The maximum Gasteiger partial charge on any atom is 0.416 e. The van der Waals surface area contributed by atoms with Crippen molar-refractivity contribution in [3.05, 3.63) is 76.3 Å². The topological polar surface area (TPSA) is 72.3 Å². The predicted molar refractivity (Wildman–Crippen MR) is 122 cm³/mol. The van der Waals surface area contributed by atoms with E-state index < -0.39 is 17.8 Å². The third kappa shape index (κ3) is 4.93. The molecular weight excluding hydrogens is 483 g/mol. The predicted octanol–water partition coefficient (Wildman–Crippen LogP) is 5.37. The van der Waals surface area contributed by atoms with Gasteiger partial charge in [-0.05, 0) is 42.7 Å². The zero-order valence-electron chi connectivity index (χ0n) is 18.6. The lowest BCUT2D eigenvalue weighted by Crippen LogP contribution is -2.43. The molecule has 184 valence electrons. The monoisotopic (exact) mass is 505 g/mol. The van der Waals surface area contributed by atoms with E-state index in [1.807, 2.05) is 28.8 Å². The van der Waals surface area contributed by atoms with Gasteiger partial charge in [-0.1, -0.05) is 29.8 Å². The number of nitrogens with one attached hydrogen (secondary N) is 1. The van der Waals surface area contributed by atoms with E-state index in [1.54, 1.807) is 11.2 Å². The standard InChI is InChI=1S/C24H23ClF3N5O2/c25-17-6-3-15(4-7-17)13-32-14-29-31-22(32)20-2-1-10-33(20)23(34)30-19-9-11-35-21-12-16(24(26,27)28)5-8-18(19)21/h3-8,12,14,19-20H,1-2,9-11,13H2,(H,30,34)/t19-,20+/m0/s1. The lowest BCUT2D eigenvalue weighted by Gasteiger charge is -2.31. The second-order valence-electron chi connectivity index (χ2n) is 8.68. The molecule has 0 aliphatic carbocycles. The van der Waals surface area contributed by atoms with Crippen molar-refractivity contribution in [2.45, 2.75) is 44.1 Å². The number of urea groups is 1. The van der Waals surface area contributed by atoms with E-state index in [0.717, 1.165) is 30.5 Å². The number of carbonyl (C=O) groups is 1. The van der Waals surface area contributed by atoms with Crippen LogP contribution in [0.5, 0.6) is 5.75 Å². The maximum atomic E-state index is 13.3. The fraction of sp³-hybridized carbons (Fsp3) is 0.375. The van der Waals surface area contributed by atoms with E-state index in [0.29, 0.717) is 35.9 Å². The quantitative estimate of drug-likeness (QED) is 0.517. The summed E-state index contributed by atoms with van der Waals surface area (Å²) in [7, 11) is 0. The van der Waals surface area contributed by atoms with Gasteiger partial charge in [0.25, 0.3) is 0 Å². The third-order valence-corrected chi connectivity index (χ3v) is 6.65. The molecule has 1 fully saturated rings. The summed E-state index contributed by atoms with van der Waals surface area (Å²) < 4.78 is 46.6. The molecule has 2 aliphatic rings. The van der Waals surface area contributed by atoms with Crippen LogP contribution in [0.2, 0.25) is 5.02 Å². The Morgan fingerprint density at radius 3 is 2.74 bits per heavy atom. The summed E-state index contributed by atoms with van der Waals surface area (Å²) in [5, 5.41) is 12.0. The lowest BCUT2D eigenvalue weighted by molar-refractivity contribution is -0.137. The van der Waals surface area contributed by atoms with Gasteiger partial charge in [-0.25, -0.2) is 4.79 Å². The molecule has 1 saturated heterocycles. The number of amides is 2. The van der Waals surface area contributed by atoms with Crippen LogP contribution in [0.4, 0.5) is 18.0 Å². The smallest absolute Gasteiger partial charge is 0.416 e. The Bertz CT molecular complexity index is 1210. The van der Waals surface area contributed by atoms with Gasteiger partial charge in [0.05, 0.1) is 30.8 Å². The van der Waals surface area contributed by atoms with Gasteiger partial charge < -0.3 is 19.5 Å². The zero-order valence-corrected chi connectivity index (χ0v) is 19.4. The summed E-state index contributed by atoms with van der Waals surface area (Å²) in [6.07, 6.45) is -0.794. The van der Waals surface area contributed by atoms with Gasteiger partial charge >= 0.3 is 12.2 Å². The Hall–Kier alpha value is -3.27. The molecule has 2 amide bonds. The minimum atomic E-state index is -4.46. The second-order valence-corrected chi connectivity index (χ2v) is 9.12. The molecule has 0 saturated carbocycles. The van der Waals surface area contributed by atoms with Crippen molar-refractivity contribution in [3.63, 3.8) is 0 Å². The summed E-state index contributed by atoms with van der Waals surface area (Å²) in [5.74, 6) is 0.840. The van der Waals surface area contributed by atoms with Crippen molar-refractivity contribution < 1.29 is 22.7 Å². The number of likely N-dealkylation sites (tertiary alicyclic amines) is 1.